The quantitative estimate of drug-likeness (QED) is 0.714. The number of furan rings is 1. The van der Waals surface area contributed by atoms with Gasteiger partial charge in [-0.25, -0.2) is 0 Å². The van der Waals surface area contributed by atoms with Crippen LogP contribution in [0.4, 0.5) is 0 Å². The van der Waals surface area contributed by atoms with Gasteiger partial charge in [0.1, 0.15) is 5.58 Å². The molecule has 2 heterocycles. The van der Waals surface area contributed by atoms with Crippen LogP contribution >= 0.6 is 0 Å². The summed E-state index contributed by atoms with van der Waals surface area (Å²) in [5.41, 5.74) is 0.835. The number of ether oxygens (including phenoxy) is 2. The Morgan fingerprint density at radius 3 is 2.60 bits per heavy atom. The van der Waals surface area contributed by atoms with Gasteiger partial charge in [0.15, 0.2) is 11.5 Å². The zero-order chi connectivity index (χ0) is 10.4. The van der Waals surface area contributed by atoms with Gasteiger partial charge in [0.25, 0.3) is 0 Å². The standard InChI is InChI=1S/C12H12O3/c1-7(2)12-14-10-5-8-3-4-13-9(8)6-11(10)15-12/h3-7,12H,1-2H3. The predicted molar refractivity (Wildman–Crippen MR) is 56.1 cm³/mol. The van der Waals surface area contributed by atoms with Gasteiger partial charge in [-0.05, 0) is 12.1 Å². The fourth-order valence-corrected chi connectivity index (χ4v) is 1.70. The molecule has 0 saturated heterocycles. The Hall–Kier alpha value is -1.64. The number of benzene rings is 1. The fourth-order valence-electron chi connectivity index (χ4n) is 1.70. The van der Waals surface area contributed by atoms with E-state index in [4.69, 9.17) is 13.9 Å². The molecular weight excluding hydrogens is 192 g/mol. The van der Waals surface area contributed by atoms with Crippen LogP contribution in [0.2, 0.25) is 0 Å². The molecule has 3 heteroatoms. The highest BCUT2D eigenvalue weighted by Gasteiger charge is 2.27. The first kappa shape index (κ1) is 8.65. The maximum absolute atomic E-state index is 5.68. The van der Waals surface area contributed by atoms with Gasteiger partial charge in [0, 0.05) is 17.4 Å². The number of hydrogen-bond acceptors (Lipinski definition) is 3. The zero-order valence-electron chi connectivity index (χ0n) is 8.69. The minimum atomic E-state index is -0.175. The van der Waals surface area contributed by atoms with E-state index in [0.717, 1.165) is 22.5 Å². The Kier molecular flexibility index (Phi) is 1.69. The van der Waals surface area contributed by atoms with Crippen molar-refractivity contribution in [2.45, 2.75) is 20.1 Å². The van der Waals surface area contributed by atoms with E-state index in [1.165, 1.54) is 0 Å². The van der Waals surface area contributed by atoms with Crippen molar-refractivity contribution in [3.8, 4) is 11.5 Å². The number of rotatable bonds is 1. The summed E-state index contributed by atoms with van der Waals surface area (Å²) in [4.78, 5) is 0. The van der Waals surface area contributed by atoms with Crippen LogP contribution in [0.1, 0.15) is 13.8 Å². The van der Waals surface area contributed by atoms with E-state index in [-0.39, 0.29) is 6.29 Å². The van der Waals surface area contributed by atoms with Crippen LogP contribution < -0.4 is 9.47 Å². The number of fused-ring (bicyclic) bond motifs is 2. The third kappa shape index (κ3) is 1.27. The van der Waals surface area contributed by atoms with Crippen molar-refractivity contribution in [1.29, 1.82) is 0 Å². The van der Waals surface area contributed by atoms with Crippen LogP contribution in [0.25, 0.3) is 11.0 Å². The first-order valence-corrected chi connectivity index (χ1v) is 5.08. The Morgan fingerprint density at radius 1 is 1.13 bits per heavy atom. The summed E-state index contributed by atoms with van der Waals surface area (Å²) in [6, 6.07) is 5.76. The first-order chi connectivity index (χ1) is 7.24. The molecule has 15 heavy (non-hydrogen) atoms. The smallest absolute Gasteiger partial charge is 0.243 e. The van der Waals surface area contributed by atoms with Gasteiger partial charge in [-0.1, -0.05) is 13.8 Å². The first-order valence-electron chi connectivity index (χ1n) is 5.08. The summed E-state index contributed by atoms with van der Waals surface area (Å²) in [7, 11) is 0. The van der Waals surface area contributed by atoms with Crippen LogP contribution in [-0.4, -0.2) is 6.29 Å². The van der Waals surface area contributed by atoms with Crippen molar-refractivity contribution in [2.75, 3.05) is 0 Å². The second kappa shape index (κ2) is 2.92. The van der Waals surface area contributed by atoms with Crippen molar-refractivity contribution in [1.82, 2.24) is 0 Å². The van der Waals surface area contributed by atoms with E-state index in [1.54, 1.807) is 6.26 Å². The molecule has 3 nitrogen and oxygen atoms in total. The molecule has 1 aliphatic rings. The van der Waals surface area contributed by atoms with Gasteiger partial charge in [0.05, 0.1) is 6.26 Å². The largest absolute Gasteiger partial charge is 0.464 e. The van der Waals surface area contributed by atoms with Gasteiger partial charge >= 0.3 is 0 Å². The van der Waals surface area contributed by atoms with Crippen LogP contribution in [0.5, 0.6) is 11.5 Å². The predicted octanol–water partition coefficient (Wildman–Crippen LogP) is 3.19. The normalized spacial score (nSPS) is 19.0. The molecule has 2 aromatic rings. The summed E-state index contributed by atoms with van der Waals surface area (Å²) in [6.07, 6.45) is 1.49. The fraction of sp³-hybridized carbons (Fsp3) is 0.333. The second-order valence-corrected chi connectivity index (χ2v) is 4.11. The number of hydrogen-bond donors (Lipinski definition) is 0. The highest BCUT2D eigenvalue weighted by atomic mass is 16.7. The lowest BCUT2D eigenvalue weighted by molar-refractivity contribution is 0.00914. The highest BCUT2D eigenvalue weighted by Crippen LogP contribution is 2.39. The van der Waals surface area contributed by atoms with Gasteiger partial charge in [0.2, 0.25) is 6.29 Å². The van der Waals surface area contributed by atoms with E-state index in [2.05, 4.69) is 13.8 Å². The summed E-state index contributed by atoms with van der Waals surface area (Å²) < 4.78 is 16.6. The van der Waals surface area contributed by atoms with Crippen LogP contribution in [0.15, 0.2) is 28.9 Å². The van der Waals surface area contributed by atoms with Crippen molar-refractivity contribution >= 4 is 11.0 Å². The van der Waals surface area contributed by atoms with Crippen molar-refractivity contribution in [2.24, 2.45) is 5.92 Å². The molecule has 1 aromatic carbocycles. The van der Waals surface area contributed by atoms with Crippen molar-refractivity contribution < 1.29 is 13.9 Å². The Labute approximate surface area is 87.6 Å². The molecule has 0 saturated carbocycles. The molecule has 0 N–H and O–H groups in total. The maximum atomic E-state index is 5.68. The lowest BCUT2D eigenvalue weighted by atomic mass is 10.2. The minimum absolute atomic E-state index is 0.175. The average Bonchev–Trinajstić information content (AvgIpc) is 2.77. The molecule has 1 atom stereocenters. The Morgan fingerprint density at radius 2 is 1.87 bits per heavy atom. The molecule has 78 valence electrons. The van der Waals surface area contributed by atoms with Crippen molar-refractivity contribution in [3.05, 3.63) is 24.5 Å². The molecule has 0 amide bonds. The SMILES string of the molecule is CC(C)C1Oc2cc3ccoc3cc2O1. The van der Waals surface area contributed by atoms with Crippen LogP contribution in [-0.2, 0) is 0 Å². The molecule has 1 aromatic heterocycles. The molecule has 0 spiro atoms. The minimum Gasteiger partial charge on any atom is -0.464 e. The van der Waals surface area contributed by atoms with E-state index in [0.29, 0.717) is 5.92 Å². The molecule has 0 aliphatic carbocycles. The van der Waals surface area contributed by atoms with Gasteiger partial charge in [-0.3, -0.25) is 0 Å². The lowest BCUT2D eigenvalue weighted by Crippen LogP contribution is -2.24. The molecular formula is C12H12O3. The topological polar surface area (TPSA) is 31.6 Å². The third-order valence-corrected chi connectivity index (χ3v) is 2.55. The summed E-state index contributed by atoms with van der Waals surface area (Å²) in [5.74, 6) is 1.92. The third-order valence-electron chi connectivity index (χ3n) is 2.55. The summed E-state index contributed by atoms with van der Waals surface area (Å²) in [6.45, 7) is 4.14. The highest BCUT2D eigenvalue weighted by molar-refractivity contribution is 5.81. The van der Waals surface area contributed by atoms with E-state index < -0.39 is 0 Å². The monoisotopic (exact) mass is 204 g/mol. The zero-order valence-corrected chi connectivity index (χ0v) is 8.69. The van der Waals surface area contributed by atoms with Crippen LogP contribution in [0.3, 0.4) is 0 Å². The van der Waals surface area contributed by atoms with Crippen molar-refractivity contribution in [3.63, 3.8) is 0 Å². The molecule has 1 unspecified atom stereocenters. The molecule has 0 bridgehead atoms. The summed E-state index contributed by atoms with van der Waals surface area (Å²) >= 11 is 0. The van der Waals surface area contributed by atoms with E-state index in [1.807, 2.05) is 18.2 Å². The van der Waals surface area contributed by atoms with Gasteiger partial charge in [-0.2, -0.15) is 0 Å². The molecule has 1 aliphatic heterocycles. The van der Waals surface area contributed by atoms with E-state index in [9.17, 15) is 0 Å². The molecule has 0 fully saturated rings. The average molecular weight is 204 g/mol. The van der Waals surface area contributed by atoms with E-state index >= 15 is 0 Å². The Balaban J connectivity index is 2.06. The molecule has 3 rings (SSSR count). The van der Waals surface area contributed by atoms with Crippen LogP contribution in [0, 0.1) is 5.92 Å². The van der Waals surface area contributed by atoms with Gasteiger partial charge in [-0.15, -0.1) is 0 Å². The second-order valence-electron chi connectivity index (χ2n) is 4.11. The molecule has 0 radical (unpaired) electrons. The lowest BCUT2D eigenvalue weighted by Gasteiger charge is -2.12. The maximum Gasteiger partial charge on any atom is 0.243 e. The van der Waals surface area contributed by atoms with Gasteiger partial charge < -0.3 is 13.9 Å². The summed E-state index contributed by atoms with van der Waals surface area (Å²) in [5, 5.41) is 1.04. The Bertz CT molecular complexity index is 459.